The van der Waals surface area contributed by atoms with Crippen LogP contribution in [-0.2, 0) is 0 Å². The van der Waals surface area contributed by atoms with E-state index in [-0.39, 0.29) is 5.69 Å². The Kier molecular flexibility index (Phi) is 3.84. The van der Waals surface area contributed by atoms with E-state index in [2.05, 4.69) is 11.2 Å². The van der Waals surface area contributed by atoms with E-state index in [1.165, 1.54) is 12.1 Å². The number of benzene rings is 2. The van der Waals surface area contributed by atoms with E-state index in [0.717, 1.165) is 22.4 Å². The highest BCUT2D eigenvalue weighted by molar-refractivity contribution is 5.67. The van der Waals surface area contributed by atoms with Gasteiger partial charge in [0.2, 0.25) is 0 Å². The van der Waals surface area contributed by atoms with Gasteiger partial charge in [0.15, 0.2) is 5.69 Å². The Labute approximate surface area is 138 Å². The molecule has 3 rings (SSSR count). The Morgan fingerprint density at radius 3 is 2.42 bits per heavy atom. The molecular formula is C18H14N4O2. The summed E-state index contributed by atoms with van der Waals surface area (Å²) in [7, 11) is 0. The molecule has 6 nitrogen and oxygen atoms in total. The van der Waals surface area contributed by atoms with Gasteiger partial charge in [0.25, 0.3) is 5.69 Å². The molecule has 0 radical (unpaired) electrons. The molecule has 0 aliphatic rings. The van der Waals surface area contributed by atoms with Crippen LogP contribution in [-0.4, -0.2) is 14.7 Å². The zero-order valence-corrected chi connectivity index (χ0v) is 13.2. The standard InChI is InChI=1S/C18H14N4O2/c1-12-3-8-17(13(2)9-12)18-10-14(11-19)20-21(18)15-4-6-16(7-5-15)22(23)24/h3-10H,1-2H3. The van der Waals surface area contributed by atoms with Gasteiger partial charge in [0.05, 0.1) is 16.3 Å². The van der Waals surface area contributed by atoms with E-state index in [0.29, 0.717) is 11.4 Å². The third-order valence-corrected chi connectivity index (χ3v) is 3.79. The Balaban J connectivity index is 2.16. The Bertz CT molecular complexity index is 966. The van der Waals surface area contributed by atoms with Crippen molar-refractivity contribution in [3.8, 4) is 23.0 Å². The predicted octanol–water partition coefficient (Wildman–Crippen LogP) is 3.94. The van der Waals surface area contributed by atoms with E-state index < -0.39 is 4.92 Å². The van der Waals surface area contributed by atoms with Gasteiger partial charge in [-0.25, -0.2) is 4.68 Å². The number of nitro benzene ring substituents is 1. The van der Waals surface area contributed by atoms with Crippen LogP contribution in [0, 0.1) is 35.3 Å². The molecule has 0 atom stereocenters. The number of rotatable bonds is 3. The summed E-state index contributed by atoms with van der Waals surface area (Å²) >= 11 is 0. The molecule has 3 aromatic rings. The maximum atomic E-state index is 10.8. The van der Waals surface area contributed by atoms with Gasteiger partial charge in [-0.3, -0.25) is 10.1 Å². The van der Waals surface area contributed by atoms with Crippen molar-refractivity contribution in [2.75, 3.05) is 0 Å². The maximum absolute atomic E-state index is 10.8. The highest BCUT2D eigenvalue weighted by Crippen LogP contribution is 2.28. The normalized spacial score (nSPS) is 10.4. The van der Waals surface area contributed by atoms with Crippen molar-refractivity contribution in [3.63, 3.8) is 0 Å². The van der Waals surface area contributed by atoms with Crippen LogP contribution in [0.4, 0.5) is 5.69 Å². The number of nitriles is 1. The highest BCUT2D eigenvalue weighted by Gasteiger charge is 2.14. The average molecular weight is 318 g/mol. The van der Waals surface area contributed by atoms with Gasteiger partial charge in [0.1, 0.15) is 6.07 Å². The molecule has 118 valence electrons. The van der Waals surface area contributed by atoms with Gasteiger partial charge in [-0.1, -0.05) is 23.8 Å². The Morgan fingerprint density at radius 1 is 1.12 bits per heavy atom. The number of aromatic nitrogens is 2. The third-order valence-electron chi connectivity index (χ3n) is 3.79. The van der Waals surface area contributed by atoms with E-state index in [1.54, 1.807) is 22.9 Å². The van der Waals surface area contributed by atoms with Gasteiger partial charge in [-0.15, -0.1) is 0 Å². The van der Waals surface area contributed by atoms with E-state index in [9.17, 15) is 15.4 Å². The number of hydrogen-bond donors (Lipinski definition) is 0. The van der Waals surface area contributed by atoms with Crippen LogP contribution >= 0.6 is 0 Å². The zero-order valence-electron chi connectivity index (χ0n) is 13.2. The van der Waals surface area contributed by atoms with E-state index in [4.69, 9.17) is 0 Å². The molecule has 0 spiro atoms. The van der Waals surface area contributed by atoms with Crippen molar-refractivity contribution in [1.82, 2.24) is 9.78 Å². The lowest BCUT2D eigenvalue weighted by atomic mass is 10.0. The molecule has 0 amide bonds. The minimum Gasteiger partial charge on any atom is -0.258 e. The fraction of sp³-hybridized carbons (Fsp3) is 0.111. The number of non-ortho nitro benzene ring substituents is 1. The van der Waals surface area contributed by atoms with Crippen LogP contribution in [0.3, 0.4) is 0 Å². The molecule has 0 saturated heterocycles. The molecule has 24 heavy (non-hydrogen) atoms. The van der Waals surface area contributed by atoms with Gasteiger partial charge >= 0.3 is 0 Å². The summed E-state index contributed by atoms with van der Waals surface area (Å²) in [5, 5.41) is 24.3. The Hall–Kier alpha value is -3.46. The molecule has 0 unspecified atom stereocenters. The first-order valence-electron chi connectivity index (χ1n) is 7.32. The van der Waals surface area contributed by atoms with Crippen molar-refractivity contribution < 1.29 is 4.92 Å². The third kappa shape index (κ3) is 2.75. The monoisotopic (exact) mass is 318 g/mol. The molecule has 1 heterocycles. The topological polar surface area (TPSA) is 84.8 Å². The second-order valence-electron chi connectivity index (χ2n) is 5.53. The number of nitro groups is 1. The SMILES string of the molecule is Cc1ccc(-c2cc(C#N)nn2-c2ccc([N+](=O)[O-])cc2)c(C)c1. The van der Waals surface area contributed by atoms with Crippen molar-refractivity contribution in [1.29, 1.82) is 5.26 Å². The van der Waals surface area contributed by atoms with Crippen molar-refractivity contribution >= 4 is 5.69 Å². The summed E-state index contributed by atoms with van der Waals surface area (Å²) in [6.07, 6.45) is 0. The summed E-state index contributed by atoms with van der Waals surface area (Å²) < 4.78 is 1.64. The summed E-state index contributed by atoms with van der Waals surface area (Å²) in [6.45, 7) is 4.02. The zero-order chi connectivity index (χ0) is 17.3. The first-order valence-corrected chi connectivity index (χ1v) is 7.32. The number of nitrogens with zero attached hydrogens (tertiary/aromatic N) is 4. The maximum Gasteiger partial charge on any atom is 0.269 e. The fourth-order valence-corrected chi connectivity index (χ4v) is 2.64. The second-order valence-corrected chi connectivity index (χ2v) is 5.53. The van der Waals surface area contributed by atoms with Gasteiger partial charge in [-0.2, -0.15) is 10.4 Å². The van der Waals surface area contributed by atoms with Gasteiger partial charge in [0, 0.05) is 23.8 Å². The van der Waals surface area contributed by atoms with E-state index in [1.807, 2.05) is 32.0 Å². The lowest BCUT2D eigenvalue weighted by Gasteiger charge is -2.10. The summed E-state index contributed by atoms with van der Waals surface area (Å²) in [4.78, 5) is 10.4. The highest BCUT2D eigenvalue weighted by atomic mass is 16.6. The summed E-state index contributed by atoms with van der Waals surface area (Å²) in [5.41, 5.74) is 4.94. The van der Waals surface area contributed by atoms with Crippen LogP contribution in [0.2, 0.25) is 0 Å². The molecule has 0 aliphatic carbocycles. The van der Waals surface area contributed by atoms with Gasteiger partial charge < -0.3 is 0 Å². The lowest BCUT2D eigenvalue weighted by molar-refractivity contribution is -0.384. The molecule has 2 aromatic carbocycles. The molecule has 0 N–H and O–H groups in total. The summed E-state index contributed by atoms with van der Waals surface area (Å²) in [6, 6.07) is 15.9. The molecule has 0 saturated carbocycles. The molecule has 6 heteroatoms. The van der Waals surface area contributed by atoms with Crippen LogP contribution in [0.15, 0.2) is 48.5 Å². The number of aryl methyl sites for hydroxylation is 2. The van der Waals surface area contributed by atoms with Crippen molar-refractivity contribution in [2.24, 2.45) is 0 Å². The summed E-state index contributed by atoms with van der Waals surface area (Å²) in [5.74, 6) is 0. The number of hydrogen-bond acceptors (Lipinski definition) is 4. The van der Waals surface area contributed by atoms with Crippen LogP contribution in [0.5, 0.6) is 0 Å². The van der Waals surface area contributed by atoms with Gasteiger partial charge in [-0.05, 0) is 31.5 Å². The molecule has 0 fully saturated rings. The largest absolute Gasteiger partial charge is 0.269 e. The quantitative estimate of drug-likeness (QED) is 0.541. The van der Waals surface area contributed by atoms with Crippen LogP contribution in [0.25, 0.3) is 16.9 Å². The van der Waals surface area contributed by atoms with Crippen LogP contribution in [0.1, 0.15) is 16.8 Å². The molecular weight excluding hydrogens is 304 g/mol. The van der Waals surface area contributed by atoms with Crippen molar-refractivity contribution in [3.05, 3.63) is 75.5 Å². The first kappa shape index (κ1) is 15.4. The fourth-order valence-electron chi connectivity index (χ4n) is 2.64. The molecule has 0 aliphatic heterocycles. The average Bonchev–Trinajstić information content (AvgIpc) is 2.99. The first-order chi connectivity index (χ1) is 11.5. The molecule has 1 aromatic heterocycles. The smallest absolute Gasteiger partial charge is 0.258 e. The minimum absolute atomic E-state index is 0.0134. The minimum atomic E-state index is -0.446. The predicted molar refractivity (Wildman–Crippen MR) is 89.8 cm³/mol. The Morgan fingerprint density at radius 2 is 1.83 bits per heavy atom. The van der Waals surface area contributed by atoms with Crippen molar-refractivity contribution in [2.45, 2.75) is 13.8 Å². The lowest BCUT2D eigenvalue weighted by Crippen LogP contribution is -2.00. The molecule has 0 bridgehead atoms. The van der Waals surface area contributed by atoms with E-state index >= 15 is 0 Å². The second kappa shape index (κ2) is 5.97. The van der Waals surface area contributed by atoms with Crippen LogP contribution < -0.4 is 0 Å².